The second-order valence-electron chi connectivity index (χ2n) is 5.13. The standard InChI is InChI=1S/C16H12F3N3O5/c1-27-13-8-11(22(25)26)5-6-12(13)21-15(24)14(23)20-10-4-2-3-9(7-10)16(17,18)19/h2-8H,1H3,(H,20,23)(H,21,24). The summed E-state index contributed by atoms with van der Waals surface area (Å²) in [5.41, 5.74) is -1.52. The molecule has 2 N–H and O–H groups in total. The lowest BCUT2D eigenvalue weighted by Crippen LogP contribution is -2.29. The molecule has 2 aromatic rings. The average Bonchev–Trinajstić information content (AvgIpc) is 2.61. The van der Waals surface area contributed by atoms with Gasteiger partial charge in [-0.15, -0.1) is 0 Å². The molecule has 2 aromatic carbocycles. The van der Waals surface area contributed by atoms with Crippen LogP contribution in [0.5, 0.6) is 5.75 Å². The van der Waals surface area contributed by atoms with E-state index in [1.54, 1.807) is 0 Å². The van der Waals surface area contributed by atoms with Crippen LogP contribution in [0.4, 0.5) is 30.2 Å². The number of ether oxygens (including phenoxy) is 1. The molecule has 0 aliphatic carbocycles. The maximum absolute atomic E-state index is 12.7. The van der Waals surface area contributed by atoms with E-state index in [4.69, 9.17) is 4.74 Å². The van der Waals surface area contributed by atoms with Gasteiger partial charge in [0.05, 0.1) is 29.4 Å². The summed E-state index contributed by atoms with van der Waals surface area (Å²) in [5, 5.41) is 14.9. The van der Waals surface area contributed by atoms with Gasteiger partial charge in [0, 0.05) is 11.8 Å². The minimum Gasteiger partial charge on any atom is -0.494 e. The molecular weight excluding hydrogens is 371 g/mol. The maximum Gasteiger partial charge on any atom is 0.416 e. The van der Waals surface area contributed by atoms with Crippen LogP contribution in [0.25, 0.3) is 0 Å². The van der Waals surface area contributed by atoms with Gasteiger partial charge in [0.25, 0.3) is 5.69 Å². The number of hydrogen-bond donors (Lipinski definition) is 2. The van der Waals surface area contributed by atoms with Crippen LogP contribution in [-0.4, -0.2) is 23.8 Å². The number of carbonyl (C=O) groups excluding carboxylic acids is 2. The molecular formula is C16H12F3N3O5. The number of methoxy groups -OCH3 is 1. The molecule has 0 aliphatic rings. The first-order valence-corrected chi connectivity index (χ1v) is 7.24. The molecule has 2 rings (SSSR count). The molecule has 0 aliphatic heterocycles. The van der Waals surface area contributed by atoms with Crippen LogP contribution in [-0.2, 0) is 15.8 Å². The minimum absolute atomic E-state index is 0.0210. The smallest absolute Gasteiger partial charge is 0.416 e. The first kappa shape index (κ1) is 19.7. The third kappa shape index (κ3) is 4.93. The molecule has 11 heteroatoms. The molecule has 0 bridgehead atoms. The third-order valence-electron chi connectivity index (χ3n) is 3.30. The third-order valence-corrected chi connectivity index (χ3v) is 3.30. The number of halogens is 3. The van der Waals surface area contributed by atoms with Crippen molar-refractivity contribution >= 4 is 28.9 Å². The van der Waals surface area contributed by atoms with Crippen LogP contribution in [0.1, 0.15) is 5.56 Å². The van der Waals surface area contributed by atoms with Crippen molar-refractivity contribution < 1.29 is 32.4 Å². The fourth-order valence-corrected chi connectivity index (χ4v) is 2.04. The van der Waals surface area contributed by atoms with Gasteiger partial charge in [-0.1, -0.05) is 6.07 Å². The number of nitrogens with one attached hydrogen (secondary N) is 2. The number of nitro benzene ring substituents is 1. The highest BCUT2D eigenvalue weighted by atomic mass is 19.4. The zero-order valence-corrected chi connectivity index (χ0v) is 13.7. The van der Waals surface area contributed by atoms with Crippen LogP contribution < -0.4 is 15.4 Å². The SMILES string of the molecule is COc1cc([N+](=O)[O-])ccc1NC(=O)C(=O)Nc1cccc(C(F)(F)F)c1. The number of carbonyl (C=O) groups is 2. The fourth-order valence-electron chi connectivity index (χ4n) is 2.04. The molecule has 0 atom stereocenters. The first-order valence-electron chi connectivity index (χ1n) is 7.24. The molecule has 0 saturated carbocycles. The lowest BCUT2D eigenvalue weighted by Gasteiger charge is -2.11. The Labute approximate surface area is 150 Å². The number of alkyl halides is 3. The van der Waals surface area contributed by atoms with Gasteiger partial charge in [-0.05, 0) is 24.3 Å². The molecule has 8 nitrogen and oxygen atoms in total. The number of non-ortho nitro benzene ring substituents is 1. The summed E-state index contributed by atoms with van der Waals surface area (Å²) >= 11 is 0. The number of benzene rings is 2. The van der Waals surface area contributed by atoms with Crippen molar-refractivity contribution in [1.29, 1.82) is 0 Å². The number of amides is 2. The lowest BCUT2D eigenvalue weighted by molar-refractivity contribution is -0.384. The van der Waals surface area contributed by atoms with Gasteiger partial charge in [0.1, 0.15) is 5.75 Å². The van der Waals surface area contributed by atoms with E-state index in [0.29, 0.717) is 6.07 Å². The largest absolute Gasteiger partial charge is 0.494 e. The summed E-state index contributed by atoms with van der Waals surface area (Å²) in [5.74, 6) is -2.49. The number of nitrogens with zero attached hydrogens (tertiary/aromatic N) is 1. The summed E-state index contributed by atoms with van der Waals surface area (Å²) in [6.45, 7) is 0. The van der Waals surface area contributed by atoms with Crippen molar-refractivity contribution in [1.82, 2.24) is 0 Å². The quantitative estimate of drug-likeness (QED) is 0.479. The molecule has 0 unspecified atom stereocenters. The van der Waals surface area contributed by atoms with E-state index in [0.717, 1.165) is 30.3 Å². The molecule has 0 heterocycles. The summed E-state index contributed by atoms with van der Waals surface area (Å²) < 4.78 is 42.9. The van der Waals surface area contributed by atoms with Gasteiger partial charge in [-0.3, -0.25) is 19.7 Å². The Bertz CT molecular complexity index is 899. The van der Waals surface area contributed by atoms with Gasteiger partial charge in [0.2, 0.25) is 0 Å². The van der Waals surface area contributed by atoms with E-state index in [2.05, 4.69) is 5.32 Å². The summed E-state index contributed by atoms with van der Waals surface area (Å²) in [6.07, 6.45) is -4.60. The van der Waals surface area contributed by atoms with Crippen molar-refractivity contribution in [2.24, 2.45) is 0 Å². The van der Waals surface area contributed by atoms with Crippen LogP contribution in [0.3, 0.4) is 0 Å². The highest BCUT2D eigenvalue weighted by Crippen LogP contribution is 2.31. The molecule has 0 aromatic heterocycles. The second-order valence-corrected chi connectivity index (χ2v) is 5.13. The first-order chi connectivity index (χ1) is 12.6. The van der Waals surface area contributed by atoms with Gasteiger partial charge < -0.3 is 15.4 Å². The zero-order chi connectivity index (χ0) is 20.2. The Balaban J connectivity index is 2.13. The van der Waals surface area contributed by atoms with Crippen molar-refractivity contribution in [3.05, 3.63) is 58.1 Å². The van der Waals surface area contributed by atoms with E-state index in [9.17, 15) is 32.9 Å². The average molecular weight is 383 g/mol. The zero-order valence-electron chi connectivity index (χ0n) is 13.7. The highest BCUT2D eigenvalue weighted by Gasteiger charge is 2.30. The van der Waals surface area contributed by atoms with Crippen LogP contribution in [0.2, 0.25) is 0 Å². The Kier molecular flexibility index (Phi) is 5.63. The molecule has 27 heavy (non-hydrogen) atoms. The van der Waals surface area contributed by atoms with Crippen molar-refractivity contribution in [3.63, 3.8) is 0 Å². The topological polar surface area (TPSA) is 111 Å². The maximum atomic E-state index is 12.7. The van der Waals surface area contributed by atoms with Crippen LogP contribution in [0.15, 0.2) is 42.5 Å². The Morgan fingerprint density at radius 3 is 2.33 bits per heavy atom. The Morgan fingerprint density at radius 2 is 1.74 bits per heavy atom. The Morgan fingerprint density at radius 1 is 1.07 bits per heavy atom. The minimum atomic E-state index is -4.60. The highest BCUT2D eigenvalue weighted by molar-refractivity contribution is 6.43. The molecule has 0 fully saturated rings. The Hall–Kier alpha value is -3.63. The summed E-state index contributed by atoms with van der Waals surface area (Å²) in [7, 11) is 1.21. The number of hydrogen-bond acceptors (Lipinski definition) is 5. The van der Waals surface area contributed by atoms with E-state index in [-0.39, 0.29) is 22.8 Å². The molecule has 2 amide bonds. The number of rotatable bonds is 4. The lowest BCUT2D eigenvalue weighted by atomic mass is 10.2. The van der Waals surface area contributed by atoms with Crippen molar-refractivity contribution in [3.8, 4) is 5.75 Å². The monoisotopic (exact) mass is 383 g/mol. The fraction of sp³-hybridized carbons (Fsp3) is 0.125. The van der Waals surface area contributed by atoms with Crippen molar-refractivity contribution in [2.75, 3.05) is 17.7 Å². The molecule has 0 spiro atoms. The predicted molar refractivity (Wildman–Crippen MR) is 88.4 cm³/mol. The molecule has 142 valence electrons. The van der Waals surface area contributed by atoms with E-state index >= 15 is 0 Å². The van der Waals surface area contributed by atoms with Gasteiger partial charge in [0.15, 0.2) is 0 Å². The van der Waals surface area contributed by atoms with E-state index in [1.807, 2.05) is 5.32 Å². The molecule has 0 saturated heterocycles. The van der Waals surface area contributed by atoms with E-state index < -0.39 is 28.5 Å². The summed E-state index contributed by atoms with van der Waals surface area (Å²) in [4.78, 5) is 33.9. The van der Waals surface area contributed by atoms with Crippen LogP contribution in [0, 0.1) is 10.1 Å². The van der Waals surface area contributed by atoms with E-state index in [1.165, 1.54) is 13.2 Å². The normalized spacial score (nSPS) is 10.8. The predicted octanol–water partition coefficient (Wildman–Crippen LogP) is 3.20. The van der Waals surface area contributed by atoms with Gasteiger partial charge in [-0.2, -0.15) is 13.2 Å². The van der Waals surface area contributed by atoms with Crippen LogP contribution >= 0.6 is 0 Å². The second kappa shape index (κ2) is 7.72. The number of anilines is 2. The van der Waals surface area contributed by atoms with Gasteiger partial charge in [-0.25, -0.2) is 0 Å². The van der Waals surface area contributed by atoms with Crippen molar-refractivity contribution in [2.45, 2.75) is 6.18 Å². The summed E-state index contributed by atoms with van der Waals surface area (Å²) in [6, 6.07) is 7.05. The van der Waals surface area contributed by atoms with Gasteiger partial charge >= 0.3 is 18.0 Å². The number of nitro groups is 1. The molecule has 0 radical (unpaired) electrons.